The maximum absolute atomic E-state index is 9.24. The van der Waals surface area contributed by atoms with E-state index in [-0.39, 0.29) is 10.9 Å². The van der Waals surface area contributed by atoms with E-state index >= 15 is 0 Å². The van der Waals surface area contributed by atoms with Crippen LogP contribution in [0.1, 0.15) is 24.8 Å². The first-order valence-electron chi connectivity index (χ1n) is 6.42. The summed E-state index contributed by atoms with van der Waals surface area (Å²) in [7, 11) is 1.66. The van der Waals surface area contributed by atoms with Crippen LogP contribution in [-0.4, -0.2) is 24.2 Å². The lowest BCUT2D eigenvalue weighted by atomic mass is 10.1. The Morgan fingerprint density at radius 3 is 2.68 bits per heavy atom. The summed E-state index contributed by atoms with van der Waals surface area (Å²) in [5.41, 5.74) is 1.14. The molecule has 0 bridgehead atoms. The predicted octanol–water partition coefficient (Wildman–Crippen LogP) is 3.39. The minimum absolute atomic E-state index is 0.203. The molecule has 1 aromatic rings. The van der Waals surface area contributed by atoms with Crippen LogP contribution in [0.5, 0.6) is 5.75 Å². The molecule has 2 atom stereocenters. The predicted molar refractivity (Wildman–Crippen MR) is 77.3 cm³/mol. The summed E-state index contributed by atoms with van der Waals surface area (Å²) in [5.74, 6) is 0.857. The van der Waals surface area contributed by atoms with Crippen molar-refractivity contribution in [2.45, 2.75) is 36.7 Å². The molecule has 1 aliphatic carbocycles. The molecule has 0 N–H and O–H groups in total. The van der Waals surface area contributed by atoms with Crippen molar-refractivity contribution in [3.63, 3.8) is 0 Å². The summed E-state index contributed by atoms with van der Waals surface area (Å²) >= 11 is 1.65. The smallest absolute Gasteiger partial charge is 0.118 e. The number of thioether (sulfide) groups is 1. The molecular weight excluding hydrogens is 258 g/mol. The molecule has 19 heavy (non-hydrogen) atoms. The average Bonchev–Trinajstić information content (AvgIpc) is 2.90. The van der Waals surface area contributed by atoms with Crippen LogP contribution in [0, 0.1) is 11.3 Å². The molecule has 0 saturated heterocycles. The van der Waals surface area contributed by atoms with Crippen molar-refractivity contribution < 1.29 is 9.47 Å². The van der Waals surface area contributed by atoms with Gasteiger partial charge in [0.05, 0.1) is 25.9 Å². The van der Waals surface area contributed by atoms with E-state index in [1.165, 1.54) is 0 Å². The van der Waals surface area contributed by atoms with Gasteiger partial charge in [-0.3, -0.25) is 0 Å². The number of hydrogen-bond acceptors (Lipinski definition) is 4. The fourth-order valence-electron chi connectivity index (χ4n) is 2.38. The van der Waals surface area contributed by atoms with Crippen LogP contribution >= 0.6 is 11.8 Å². The van der Waals surface area contributed by atoms with Crippen molar-refractivity contribution in [2.75, 3.05) is 13.4 Å². The second-order valence-electron chi connectivity index (χ2n) is 4.83. The molecule has 0 amide bonds. The largest absolute Gasteiger partial charge is 0.497 e. The van der Waals surface area contributed by atoms with Gasteiger partial charge in [0.15, 0.2) is 0 Å². The van der Waals surface area contributed by atoms with Gasteiger partial charge in [-0.05, 0) is 36.8 Å². The monoisotopic (exact) mass is 277 g/mol. The second kappa shape index (κ2) is 6.31. The minimum Gasteiger partial charge on any atom is -0.497 e. The zero-order chi connectivity index (χ0) is 13.7. The van der Waals surface area contributed by atoms with Crippen molar-refractivity contribution in [1.82, 2.24) is 0 Å². The number of methoxy groups -OCH3 is 1. The Morgan fingerprint density at radius 2 is 2.16 bits per heavy atom. The van der Waals surface area contributed by atoms with Crippen molar-refractivity contribution in [3.05, 3.63) is 29.8 Å². The van der Waals surface area contributed by atoms with Crippen LogP contribution in [0.25, 0.3) is 0 Å². The molecule has 1 saturated carbocycles. The second-order valence-corrected chi connectivity index (χ2v) is 6.02. The number of rotatable bonds is 5. The van der Waals surface area contributed by atoms with Crippen molar-refractivity contribution in [1.29, 1.82) is 5.26 Å². The Kier molecular flexibility index (Phi) is 4.73. The van der Waals surface area contributed by atoms with Gasteiger partial charge in [-0.25, -0.2) is 0 Å². The van der Waals surface area contributed by atoms with Gasteiger partial charge in [-0.15, -0.1) is 11.8 Å². The summed E-state index contributed by atoms with van der Waals surface area (Å²) in [4.78, 5) is 0. The fraction of sp³-hybridized carbons (Fsp3) is 0.533. The van der Waals surface area contributed by atoms with E-state index in [1.54, 1.807) is 18.9 Å². The van der Waals surface area contributed by atoms with Gasteiger partial charge >= 0.3 is 0 Å². The molecule has 0 aromatic heterocycles. The van der Waals surface area contributed by atoms with Crippen LogP contribution in [0.2, 0.25) is 0 Å². The van der Waals surface area contributed by atoms with E-state index in [2.05, 4.69) is 6.07 Å². The standard InChI is InChI=1S/C15H19NO2S/c1-17-13-5-3-12(4-6-13)10-18-14-7-8-15(9-14,11-16)19-2/h3-6,14H,7-10H2,1-2H3. The quantitative estimate of drug-likeness (QED) is 0.827. The molecule has 2 unspecified atom stereocenters. The zero-order valence-electron chi connectivity index (χ0n) is 11.4. The van der Waals surface area contributed by atoms with E-state index in [1.807, 2.05) is 30.5 Å². The highest BCUT2D eigenvalue weighted by molar-refractivity contribution is 8.00. The van der Waals surface area contributed by atoms with Crippen LogP contribution in [0.15, 0.2) is 24.3 Å². The molecule has 1 aliphatic rings. The van der Waals surface area contributed by atoms with E-state index in [0.717, 1.165) is 30.6 Å². The molecule has 0 aliphatic heterocycles. The molecule has 102 valence electrons. The average molecular weight is 277 g/mol. The molecule has 2 rings (SSSR count). The molecule has 0 heterocycles. The molecule has 0 radical (unpaired) electrons. The summed E-state index contributed by atoms with van der Waals surface area (Å²) in [6.07, 6.45) is 4.95. The molecule has 0 spiro atoms. The van der Waals surface area contributed by atoms with Crippen molar-refractivity contribution in [3.8, 4) is 11.8 Å². The van der Waals surface area contributed by atoms with Gasteiger partial charge in [-0.2, -0.15) is 5.26 Å². The SMILES string of the molecule is COc1ccc(COC2CCC(C#N)(SC)C2)cc1. The number of hydrogen-bond donors (Lipinski definition) is 0. The van der Waals surface area contributed by atoms with Gasteiger partial charge < -0.3 is 9.47 Å². The van der Waals surface area contributed by atoms with Crippen LogP contribution in [0.3, 0.4) is 0 Å². The van der Waals surface area contributed by atoms with E-state index in [4.69, 9.17) is 9.47 Å². The summed E-state index contributed by atoms with van der Waals surface area (Å²) in [5, 5.41) is 9.24. The minimum atomic E-state index is -0.232. The number of nitrogens with zero attached hydrogens (tertiary/aromatic N) is 1. The Morgan fingerprint density at radius 1 is 1.42 bits per heavy atom. The Hall–Kier alpha value is -1.18. The van der Waals surface area contributed by atoms with E-state index in [0.29, 0.717) is 6.61 Å². The maximum atomic E-state index is 9.24. The molecular formula is C15H19NO2S. The van der Waals surface area contributed by atoms with Gasteiger partial charge in [0.25, 0.3) is 0 Å². The highest BCUT2D eigenvalue weighted by atomic mass is 32.2. The molecule has 1 fully saturated rings. The zero-order valence-corrected chi connectivity index (χ0v) is 12.2. The third-order valence-electron chi connectivity index (χ3n) is 3.67. The third-order valence-corrected chi connectivity index (χ3v) is 4.91. The molecule has 4 heteroatoms. The lowest BCUT2D eigenvalue weighted by Gasteiger charge is -2.17. The Labute approximate surface area is 118 Å². The Bertz CT molecular complexity index is 454. The lowest BCUT2D eigenvalue weighted by Crippen LogP contribution is -2.19. The first-order valence-corrected chi connectivity index (χ1v) is 7.65. The summed E-state index contributed by atoms with van der Waals surface area (Å²) in [6, 6.07) is 10.3. The lowest BCUT2D eigenvalue weighted by molar-refractivity contribution is 0.0450. The van der Waals surface area contributed by atoms with Crippen LogP contribution in [0.4, 0.5) is 0 Å². The first kappa shape index (κ1) is 14.2. The number of benzene rings is 1. The molecule has 1 aromatic carbocycles. The van der Waals surface area contributed by atoms with Crippen molar-refractivity contribution >= 4 is 11.8 Å². The van der Waals surface area contributed by atoms with Crippen LogP contribution < -0.4 is 4.74 Å². The van der Waals surface area contributed by atoms with Gasteiger partial charge in [0.2, 0.25) is 0 Å². The first-order chi connectivity index (χ1) is 9.21. The van der Waals surface area contributed by atoms with E-state index < -0.39 is 0 Å². The fourth-order valence-corrected chi connectivity index (χ4v) is 3.14. The van der Waals surface area contributed by atoms with E-state index in [9.17, 15) is 5.26 Å². The van der Waals surface area contributed by atoms with Gasteiger partial charge in [-0.1, -0.05) is 12.1 Å². The highest BCUT2D eigenvalue weighted by Crippen LogP contribution is 2.41. The Balaban J connectivity index is 1.85. The number of nitriles is 1. The highest BCUT2D eigenvalue weighted by Gasteiger charge is 2.39. The van der Waals surface area contributed by atoms with Gasteiger partial charge in [0, 0.05) is 6.42 Å². The summed E-state index contributed by atoms with van der Waals surface area (Å²) < 4.78 is 10.8. The third kappa shape index (κ3) is 3.43. The normalized spacial score (nSPS) is 26.1. The summed E-state index contributed by atoms with van der Waals surface area (Å²) in [6.45, 7) is 0.602. The number of ether oxygens (including phenoxy) is 2. The molecule has 3 nitrogen and oxygen atoms in total. The maximum Gasteiger partial charge on any atom is 0.118 e. The van der Waals surface area contributed by atoms with Gasteiger partial charge in [0.1, 0.15) is 10.5 Å². The van der Waals surface area contributed by atoms with Crippen molar-refractivity contribution in [2.24, 2.45) is 0 Å². The van der Waals surface area contributed by atoms with Crippen LogP contribution in [-0.2, 0) is 11.3 Å². The topological polar surface area (TPSA) is 42.2 Å².